The van der Waals surface area contributed by atoms with Gasteiger partial charge in [-0.2, -0.15) is 0 Å². The van der Waals surface area contributed by atoms with Gasteiger partial charge in [0.05, 0.1) is 19.9 Å². The van der Waals surface area contributed by atoms with Gasteiger partial charge in [0.1, 0.15) is 5.75 Å². The molecule has 1 rings (SSSR count). The smallest absolute Gasteiger partial charge is 0.238 e. The molecule has 1 unspecified atom stereocenters. The molecule has 0 amide bonds. The highest BCUT2D eigenvalue weighted by Crippen LogP contribution is 2.36. The van der Waals surface area contributed by atoms with E-state index in [1.54, 1.807) is 0 Å². The molecule has 0 aliphatic rings. The van der Waals surface area contributed by atoms with Gasteiger partial charge in [0.2, 0.25) is 10.0 Å². The predicted octanol–water partition coefficient (Wildman–Crippen LogP) is 3.04. The van der Waals surface area contributed by atoms with Crippen molar-refractivity contribution in [2.75, 3.05) is 0 Å². The molecule has 0 saturated heterocycles. The largest absolute Gasteiger partial charge is 0.488 e. The van der Waals surface area contributed by atoms with E-state index in [-0.39, 0.29) is 11.0 Å². The van der Waals surface area contributed by atoms with Crippen LogP contribution >= 0.6 is 31.9 Å². The van der Waals surface area contributed by atoms with E-state index in [0.717, 1.165) is 6.42 Å². The molecule has 0 saturated carbocycles. The van der Waals surface area contributed by atoms with Gasteiger partial charge < -0.3 is 4.74 Å². The van der Waals surface area contributed by atoms with Crippen LogP contribution in [0.3, 0.4) is 0 Å². The third-order valence-electron chi connectivity index (χ3n) is 2.19. The maximum Gasteiger partial charge on any atom is 0.238 e. The summed E-state index contributed by atoms with van der Waals surface area (Å²) in [5, 5.41) is 5.06. The fraction of sp³-hybridized carbons (Fsp3) is 0.400. The second-order valence-electron chi connectivity index (χ2n) is 3.60. The fourth-order valence-electron chi connectivity index (χ4n) is 1.10. The summed E-state index contributed by atoms with van der Waals surface area (Å²) in [6, 6.07) is 2.86. The molecule has 1 aromatic carbocycles. The number of ether oxygens (including phenoxy) is 1. The molecule has 4 nitrogen and oxygen atoms in total. The number of primary sulfonamides is 1. The Morgan fingerprint density at radius 3 is 2.18 bits per heavy atom. The van der Waals surface area contributed by atoms with Gasteiger partial charge in [0, 0.05) is 0 Å². The molecular weight excluding hydrogens is 374 g/mol. The summed E-state index contributed by atoms with van der Waals surface area (Å²) in [5.74, 6) is 0.576. The van der Waals surface area contributed by atoms with Crippen LogP contribution in [0.4, 0.5) is 0 Å². The number of hydrogen-bond donors (Lipinski definition) is 1. The average molecular weight is 387 g/mol. The Labute approximate surface area is 118 Å². The zero-order valence-electron chi connectivity index (χ0n) is 9.41. The second-order valence-corrected chi connectivity index (χ2v) is 6.87. The topological polar surface area (TPSA) is 69.4 Å². The Balaban J connectivity index is 3.20. The highest BCUT2D eigenvalue weighted by Gasteiger charge is 2.16. The van der Waals surface area contributed by atoms with Crippen molar-refractivity contribution in [3.8, 4) is 5.75 Å². The molecule has 0 aromatic heterocycles. The summed E-state index contributed by atoms with van der Waals surface area (Å²) in [6.07, 6.45) is 0.901. The number of sulfonamides is 1. The summed E-state index contributed by atoms with van der Waals surface area (Å²) in [5.41, 5.74) is 0. The van der Waals surface area contributed by atoms with Crippen molar-refractivity contribution in [2.24, 2.45) is 5.14 Å². The van der Waals surface area contributed by atoms with Gasteiger partial charge in [-0.25, -0.2) is 13.6 Å². The molecule has 0 fully saturated rings. The minimum atomic E-state index is -3.71. The molecule has 0 aliphatic carbocycles. The van der Waals surface area contributed by atoms with Gasteiger partial charge in [-0.05, 0) is 57.3 Å². The van der Waals surface area contributed by atoms with Gasteiger partial charge in [0.25, 0.3) is 0 Å². The maximum absolute atomic E-state index is 11.2. The minimum absolute atomic E-state index is 0.0350. The highest BCUT2D eigenvalue weighted by atomic mass is 79.9. The molecule has 2 N–H and O–H groups in total. The van der Waals surface area contributed by atoms with Crippen LogP contribution < -0.4 is 9.88 Å². The number of halogens is 2. The molecule has 17 heavy (non-hydrogen) atoms. The number of rotatable bonds is 4. The second kappa shape index (κ2) is 5.69. The lowest BCUT2D eigenvalue weighted by atomic mass is 10.3. The van der Waals surface area contributed by atoms with Crippen LogP contribution in [-0.4, -0.2) is 14.5 Å². The zero-order valence-corrected chi connectivity index (χ0v) is 13.4. The Morgan fingerprint density at radius 2 is 1.82 bits per heavy atom. The fourth-order valence-corrected chi connectivity index (χ4v) is 3.34. The van der Waals surface area contributed by atoms with Gasteiger partial charge in [-0.15, -0.1) is 0 Å². The van der Waals surface area contributed by atoms with Crippen LogP contribution in [0.2, 0.25) is 0 Å². The number of nitrogens with two attached hydrogens (primary N) is 1. The molecule has 0 heterocycles. The zero-order chi connectivity index (χ0) is 13.2. The summed E-state index contributed by atoms with van der Waals surface area (Å²) in [7, 11) is -3.71. The first-order chi connectivity index (χ1) is 7.75. The van der Waals surface area contributed by atoms with E-state index in [2.05, 4.69) is 31.9 Å². The summed E-state index contributed by atoms with van der Waals surface area (Å²) in [6.45, 7) is 3.94. The van der Waals surface area contributed by atoms with Gasteiger partial charge >= 0.3 is 0 Å². The van der Waals surface area contributed by atoms with E-state index in [1.807, 2.05) is 13.8 Å². The standard InChI is InChI=1S/C10H13Br2NO3S/c1-3-6(2)16-10-8(11)4-7(5-9(10)12)17(13,14)15/h4-6H,3H2,1-2H3,(H2,13,14,15). The molecule has 96 valence electrons. The summed E-state index contributed by atoms with van der Waals surface area (Å²) >= 11 is 6.55. The van der Waals surface area contributed by atoms with E-state index in [4.69, 9.17) is 9.88 Å². The molecule has 0 bridgehead atoms. The van der Waals surface area contributed by atoms with E-state index >= 15 is 0 Å². The van der Waals surface area contributed by atoms with Crippen molar-refractivity contribution in [3.05, 3.63) is 21.1 Å². The summed E-state index contributed by atoms with van der Waals surface area (Å²) in [4.78, 5) is 0.0350. The van der Waals surface area contributed by atoms with Crippen LogP contribution in [0, 0.1) is 0 Å². The SMILES string of the molecule is CCC(C)Oc1c(Br)cc(S(N)(=O)=O)cc1Br. The molecule has 0 aliphatic heterocycles. The first kappa shape index (κ1) is 14.9. The molecule has 0 radical (unpaired) electrons. The van der Waals surface area contributed by atoms with Crippen molar-refractivity contribution in [3.63, 3.8) is 0 Å². The molecular formula is C10H13Br2NO3S. The van der Waals surface area contributed by atoms with E-state index < -0.39 is 10.0 Å². The van der Waals surface area contributed by atoms with Gasteiger partial charge in [-0.3, -0.25) is 0 Å². The van der Waals surface area contributed by atoms with Crippen LogP contribution in [0.1, 0.15) is 20.3 Å². The lowest BCUT2D eigenvalue weighted by Crippen LogP contribution is -2.14. The van der Waals surface area contributed by atoms with Crippen LogP contribution in [-0.2, 0) is 10.0 Å². The van der Waals surface area contributed by atoms with E-state index in [0.29, 0.717) is 14.7 Å². The van der Waals surface area contributed by atoms with Gasteiger partial charge in [0.15, 0.2) is 0 Å². The quantitative estimate of drug-likeness (QED) is 0.864. The van der Waals surface area contributed by atoms with Crippen LogP contribution in [0.15, 0.2) is 26.0 Å². The monoisotopic (exact) mass is 385 g/mol. The first-order valence-electron chi connectivity index (χ1n) is 4.94. The molecule has 0 spiro atoms. The maximum atomic E-state index is 11.2. The van der Waals surface area contributed by atoms with Crippen molar-refractivity contribution >= 4 is 41.9 Å². The lowest BCUT2D eigenvalue weighted by molar-refractivity contribution is 0.214. The van der Waals surface area contributed by atoms with Crippen molar-refractivity contribution in [2.45, 2.75) is 31.3 Å². The van der Waals surface area contributed by atoms with Crippen molar-refractivity contribution < 1.29 is 13.2 Å². The third kappa shape index (κ3) is 3.94. The average Bonchev–Trinajstić information content (AvgIpc) is 2.21. The van der Waals surface area contributed by atoms with E-state index in [1.165, 1.54) is 12.1 Å². The normalized spacial score (nSPS) is 13.5. The molecule has 7 heteroatoms. The van der Waals surface area contributed by atoms with Gasteiger partial charge in [-0.1, -0.05) is 6.92 Å². The first-order valence-corrected chi connectivity index (χ1v) is 8.07. The minimum Gasteiger partial charge on any atom is -0.488 e. The van der Waals surface area contributed by atoms with Crippen molar-refractivity contribution in [1.29, 1.82) is 0 Å². The number of benzene rings is 1. The molecule has 1 aromatic rings. The van der Waals surface area contributed by atoms with Crippen molar-refractivity contribution in [1.82, 2.24) is 0 Å². The van der Waals surface area contributed by atoms with Crippen LogP contribution in [0.25, 0.3) is 0 Å². The predicted molar refractivity (Wildman–Crippen MR) is 73.6 cm³/mol. The van der Waals surface area contributed by atoms with Crippen LogP contribution in [0.5, 0.6) is 5.75 Å². The Morgan fingerprint density at radius 1 is 1.35 bits per heavy atom. The Bertz CT molecular complexity index is 493. The summed E-state index contributed by atoms with van der Waals surface area (Å²) < 4.78 is 29.2. The number of hydrogen-bond acceptors (Lipinski definition) is 3. The lowest BCUT2D eigenvalue weighted by Gasteiger charge is -2.16. The third-order valence-corrected chi connectivity index (χ3v) is 4.27. The Kier molecular flexibility index (Phi) is 5.00. The highest BCUT2D eigenvalue weighted by molar-refractivity contribution is 9.11. The van der Waals surface area contributed by atoms with E-state index in [9.17, 15) is 8.42 Å². The molecule has 1 atom stereocenters. The Hall–Kier alpha value is -0.110.